The lowest BCUT2D eigenvalue weighted by Crippen LogP contribution is -2.41. The van der Waals surface area contributed by atoms with Gasteiger partial charge in [-0.3, -0.25) is 0 Å². The van der Waals surface area contributed by atoms with Crippen LogP contribution in [0.4, 0.5) is 17.1 Å². The molecule has 0 radical (unpaired) electrons. The molecule has 0 atom stereocenters. The molecule has 7 heteroatoms. The van der Waals surface area contributed by atoms with Crippen LogP contribution in [0.2, 0.25) is 0 Å². The van der Waals surface area contributed by atoms with E-state index >= 15 is 0 Å². The second kappa shape index (κ2) is 6.69. The number of nitrogens with zero attached hydrogens (tertiary/aromatic N) is 1. The van der Waals surface area contributed by atoms with Crippen molar-refractivity contribution in [1.29, 1.82) is 0 Å². The first-order chi connectivity index (χ1) is 14.6. The minimum absolute atomic E-state index is 0.309. The molecule has 1 saturated heterocycles. The van der Waals surface area contributed by atoms with Crippen molar-refractivity contribution < 1.29 is 17.7 Å². The average Bonchev–Trinajstić information content (AvgIpc) is 2.96. The number of rotatable bonds is 2. The van der Waals surface area contributed by atoms with Gasteiger partial charge in [0, 0.05) is 5.69 Å². The number of sulfone groups is 1. The predicted molar refractivity (Wildman–Crippen MR) is 122 cm³/mol. The van der Waals surface area contributed by atoms with Crippen molar-refractivity contribution in [3.05, 3.63) is 72.8 Å². The highest BCUT2D eigenvalue weighted by Gasteiger charge is 2.51. The quantitative estimate of drug-likeness (QED) is 0.433. The lowest BCUT2D eigenvalue weighted by molar-refractivity contribution is 0.00578. The zero-order valence-electron chi connectivity index (χ0n) is 18.0. The third-order valence-electron chi connectivity index (χ3n) is 6.47. The van der Waals surface area contributed by atoms with E-state index in [2.05, 4.69) is 0 Å². The van der Waals surface area contributed by atoms with E-state index in [9.17, 15) is 8.42 Å². The van der Waals surface area contributed by atoms with Gasteiger partial charge in [0.1, 0.15) is 0 Å². The van der Waals surface area contributed by atoms with Gasteiger partial charge < -0.3 is 14.2 Å². The van der Waals surface area contributed by atoms with E-state index in [0.29, 0.717) is 21.2 Å². The highest BCUT2D eigenvalue weighted by molar-refractivity contribution is 7.92. The van der Waals surface area contributed by atoms with Crippen molar-refractivity contribution in [3.8, 4) is 0 Å². The Morgan fingerprint density at radius 1 is 0.710 bits per heavy atom. The van der Waals surface area contributed by atoms with E-state index in [1.54, 1.807) is 24.3 Å². The van der Waals surface area contributed by atoms with Gasteiger partial charge in [-0.15, -0.1) is 0 Å². The number of para-hydroxylation sites is 2. The lowest BCUT2D eigenvalue weighted by atomic mass is 9.79. The van der Waals surface area contributed by atoms with Crippen molar-refractivity contribution in [2.75, 3.05) is 4.90 Å². The zero-order valence-corrected chi connectivity index (χ0v) is 18.8. The number of fused-ring (bicyclic) bond motifs is 2. The van der Waals surface area contributed by atoms with E-state index in [0.717, 1.165) is 11.2 Å². The Morgan fingerprint density at radius 3 is 1.65 bits per heavy atom. The molecule has 3 aromatic carbocycles. The molecule has 0 aromatic heterocycles. The molecule has 0 aliphatic carbocycles. The van der Waals surface area contributed by atoms with Crippen molar-refractivity contribution in [3.63, 3.8) is 0 Å². The summed E-state index contributed by atoms with van der Waals surface area (Å²) in [5.41, 5.74) is 2.27. The standard InChI is InChI=1S/C24H24BNO4S/c1-23(2)24(3,4)30-25(29-23)17-13-15-18(16-14-17)26-19-9-5-7-11-21(19)31(27,28)22-12-8-6-10-20(22)26/h5-16H,1-4H3. The van der Waals surface area contributed by atoms with E-state index in [4.69, 9.17) is 9.31 Å². The molecular formula is C24H24BNO4S. The Morgan fingerprint density at radius 2 is 1.16 bits per heavy atom. The van der Waals surface area contributed by atoms with Crippen LogP contribution < -0.4 is 10.4 Å². The number of benzene rings is 3. The molecule has 1 fully saturated rings. The first kappa shape index (κ1) is 20.3. The second-order valence-corrected chi connectivity index (χ2v) is 10.8. The minimum Gasteiger partial charge on any atom is -0.399 e. The highest BCUT2D eigenvalue weighted by Crippen LogP contribution is 2.47. The minimum atomic E-state index is -3.57. The third-order valence-corrected chi connectivity index (χ3v) is 8.32. The molecule has 2 aliphatic rings. The van der Waals surface area contributed by atoms with Crippen LogP contribution in [0.25, 0.3) is 0 Å². The Hall–Kier alpha value is -2.61. The van der Waals surface area contributed by atoms with Crippen LogP contribution in [0.15, 0.2) is 82.6 Å². The second-order valence-electron chi connectivity index (χ2n) is 8.95. The molecule has 2 aliphatic heterocycles. The topological polar surface area (TPSA) is 55.8 Å². The van der Waals surface area contributed by atoms with E-state index in [1.807, 2.05) is 81.1 Å². The smallest absolute Gasteiger partial charge is 0.399 e. The van der Waals surface area contributed by atoms with Crippen molar-refractivity contribution >= 4 is 39.5 Å². The Labute approximate surface area is 183 Å². The zero-order chi connectivity index (χ0) is 22.0. The van der Waals surface area contributed by atoms with Crippen LogP contribution in [0.1, 0.15) is 27.7 Å². The summed E-state index contributed by atoms with van der Waals surface area (Å²) in [7, 11) is -4.02. The van der Waals surface area contributed by atoms with Gasteiger partial charge in [0.05, 0.1) is 32.4 Å². The van der Waals surface area contributed by atoms with E-state index in [1.165, 1.54) is 0 Å². The normalized spacial score (nSPS) is 20.3. The lowest BCUT2D eigenvalue weighted by Gasteiger charge is -2.33. The van der Waals surface area contributed by atoms with Gasteiger partial charge in [-0.1, -0.05) is 36.4 Å². The fourth-order valence-electron chi connectivity index (χ4n) is 4.02. The molecule has 5 rings (SSSR count). The van der Waals surface area contributed by atoms with E-state index < -0.39 is 28.2 Å². The summed E-state index contributed by atoms with van der Waals surface area (Å²) in [6.07, 6.45) is 0. The summed E-state index contributed by atoms with van der Waals surface area (Å²) < 4.78 is 38.6. The summed E-state index contributed by atoms with van der Waals surface area (Å²) in [6, 6.07) is 22.1. The monoisotopic (exact) mass is 433 g/mol. The molecule has 0 N–H and O–H groups in total. The first-order valence-electron chi connectivity index (χ1n) is 10.3. The highest BCUT2D eigenvalue weighted by atomic mass is 32.2. The fraction of sp³-hybridized carbons (Fsp3) is 0.250. The van der Waals surface area contributed by atoms with Gasteiger partial charge in [0.15, 0.2) is 0 Å². The molecule has 0 amide bonds. The number of hydrogen-bond acceptors (Lipinski definition) is 5. The maximum Gasteiger partial charge on any atom is 0.494 e. The summed E-state index contributed by atoms with van der Waals surface area (Å²) in [5, 5.41) is 0. The molecule has 0 spiro atoms. The molecule has 0 unspecified atom stereocenters. The maximum absolute atomic E-state index is 13.2. The first-order valence-corrected chi connectivity index (χ1v) is 11.8. The van der Waals surface area contributed by atoms with Crippen LogP contribution in [0.5, 0.6) is 0 Å². The third kappa shape index (κ3) is 3.03. The van der Waals surface area contributed by atoms with Gasteiger partial charge in [-0.25, -0.2) is 8.42 Å². The van der Waals surface area contributed by atoms with Crippen LogP contribution in [0, 0.1) is 0 Å². The maximum atomic E-state index is 13.2. The van der Waals surface area contributed by atoms with Crippen LogP contribution in [0.3, 0.4) is 0 Å². The fourth-order valence-corrected chi connectivity index (χ4v) is 5.65. The van der Waals surface area contributed by atoms with Crippen LogP contribution >= 0.6 is 0 Å². The Balaban J connectivity index is 1.58. The molecule has 31 heavy (non-hydrogen) atoms. The predicted octanol–water partition coefficient (Wildman–Crippen LogP) is 4.60. The van der Waals surface area contributed by atoms with Crippen LogP contribution in [-0.2, 0) is 19.1 Å². The van der Waals surface area contributed by atoms with Crippen molar-refractivity contribution in [1.82, 2.24) is 0 Å². The number of anilines is 3. The summed E-state index contributed by atoms with van der Waals surface area (Å²) >= 11 is 0. The Kier molecular flexibility index (Phi) is 4.39. The van der Waals surface area contributed by atoms with Gasteiger partial charge >= 0.3 is 7.12 Å². The number of hydrogen-bond donors (Lipinski definition) is 0. The molecule has 0 bridgehead atoms. The summed E-state index contributed by atoms with van der Waals surface area (Å²) in [4.78, 5) is 2.60. The van der Waals surface area contributed by atoms with Crippen molar-refractivity contribution in [2.45, 2.75) is 48.7 Å². The van der Waals surface area contributed by atoms with E-state index in [-0.39, 0.29) is 0 Å². The van der Waals surface area contributed by atoms with Crippen LogP contribution in [-0.4, -0.2) is 26.7 Å². The molecule has 2 heterocycles. The molecule has 3 aromatic rings. The molecule has 0 saturated carbocycles. The van der Waals surface area contributed by atoms with Gasteiger partial charge in [0.25, 0.3) is 0 Å². The SMILES string of the molecule is CC1(C)OB(c2ccc(N3c4ccccc4S(=O)(=O)c4ccccc43)cc2)OC1(C)C. The molecule has 5 nitrogen and oxygen atoms in total. The molecule has 158 valence electrons. The van der Waals surface area contributed by atoms with Gasteiger partial charge in [-0.2, -0.15) is 0 Å². The largest absolute Gasteiger partial charge is 0.494 e. The van der Waals surface area contributed by atoms with Gasteiger partial charge in [-0.05, 0) is 69.6 Å². The molecular weight excluding hydrogens is 409 g/mol. The Bertz CT molecular complexity index is 1200. The van der Waals surface area contributed by atoms with Crippen molar-refractivity contribution in [2.24, 2.45) is 0 Å². The average molecular weight is 433 g/mol. The summed E-state index contributed by atoms with van der Waals surface area (Å²) in [6.45, 7) is 8.12. The van der Waals surface area contributed by atoms with Gasteiger partial charge in [0.2, 0.25) is 9.84 Å². The summed E-state index contributed by atoms with van der Waals surface area (Å²) in [5.74, 6) is 0.